The zero-order chi connectivity index (χ0) is 15.4. The minimum Gasteiger partial charge on any atom is -0.387 e. The number of nitrogens with zero attached hydrogens (tertiary/aromatic N) is 1. The maximum absolute atomic E-state index is 13.1. The molecule has 0 bridgehead atoms. The Morgan fingerprint density at radius 1 is 1.33 bits per heavy atom. The fourth-order valence-electron chi connectivity index (χ4n) is 3.21. The molecule has 0 unspecified atom stereocenters. The standard InChI is InChI=1S/C18H28N2O/c1-13(2)12-20(15-7-5-6-8-15)18(21)16-11-14(3)9-10-17(16)19-4/h9-11,13,15,19H,5-8,12H2,1-4H3. The smallest absolute Gasteiger partial charge is 0.256 e. The van der Waals surface area contributed by atoms with Gasteiger partial charge in [-0.05, 0) is 37.8 Å². The van der Waals surface area contributed by atoms with Crippen LogP contribution in [-0.2, 0) is 0 Å². The number of hydrogen-bond acceptors (Lipinski definition) is 2. The molecule has 3 nitrogen and oxygen atoms in total. The van der Waals surface area contributed by atoms with Gasteiger partial charge in [0.25, 0.3) is 5.91 Å². The lowest BCUT2D eigenvalue weighted by Crippen LogP contribution is -2.41. The molecule has 1 amide bonds. The van der Waals surface area contributed by atoms with Crippen LogP contribution in [0, 0.1) is 12.8 Å². The van der Waals surface area contributed by atoms with Crippen molar-refractivity contribution in [3.05, 3.63) is 29.3 Å². The molecule has 3 heteroatoms. The minimum atomic E-state index is 0.184. The van der Waals surface area contributed by atoms with Crippen molar-refractivity contribution in [3.63, 3.8) is 0 Å². The summed E-state index contributed by atoms with van der Waals surface area (Å²) in [4.78, 5) is 15.2. The van der Waals surface area contributed by atoms with E-state index in [1.807, 2.05) is 32.2 Å². The molecular weight excluding hydrogens is 260 g/mol. The van der Waals surface area contributed by atoms with Crippen molar-refractivity contribution in [2.75, 3.05) is 18.9 Å². The monoisotopic (exact) mass is 288 g/mol. The molecule has 0 aromatic heterocycles. The Kier molecular flexibility index (Phi) is 5.27. The summed E-state index contributed by atoms with van der Waals surface area (Å²) in [5, 5.41) is 3.15. The zero-order valence-corrected chi connectivity index (χ0v) is 13.8. The average molecular weight is 288 g/mol. The van der Waals surface area contributed by atoms with Crippen LogP contribution in [0.3, 0.4) is 0 Å². The lowest BCUT2D eigenvalue weighted by Gasteiger charge is -2.31. The Hall–Kier alpha value is -1.51. The van der Waals surface area contributed by atoms with Crippen LogP contribution in [0.15, 0.2) is 18.2 Å². The van der Waals surface area contributed by atoms with Crippen LogP contribution in [0.5, 0.6) is 0 Å². The fraction of sp³-hybridized carbons (Fsp3) is 0.611. The summed E-state index contributed by atoms with van der Waals surface area (Å²) in [5.41, 5.74) is 2.87. The van der Waals surface area contributed by atoms with E-state index in [1.165, 1.54) is 12.8 Å². The van der Waals surface area contributed by atoms with Crippen molar-refractivity contribution >= 4 is 11.6 Å². The number of nitrogens with one attached hydrogen (secondary N) is 1. The molecular formula is C18H28N2O. The minimum absolute atomic E-state index is 0.184. The highest BCUT2D eigenvalue weighted by Crippen LogP contribution is 2.28. The molecule has 1 aromatic carbocycles. The first-order valence-electron chi connectivity index (χ1n) is 8.12. The number of anilines is 1. The summed E-state index contributed by atoms with van der Waals surface area (Å²) in [6.07, 6.45) is 4.80. The van der Waals surface area contributed by atoms with E-state index < -0.39 is 0 Å². The van der Waals surface area contributed by atoms with Gasteiger partial charge in [-0.3, -0.25) is 4.79 Å². The summed E-state index contributed by atoms with van der Waals surface area (Å²) >= 11 is 0. The summed E-state index contributed by atoms with van der Waals surface area (Å²) in [6.45, 7) is 7.26. The second-order valence-electron chi connectivity index (χ2n) is 6.59. The van der Waals surface area contributed by atoms with E-state index >= 15 is 0 Å². The first kappa shape index (κ1) is 15.9. The molecule has 0 heterocycles. The van der Waals surface area contributed by atoms with Crippen molar-refractivity contribution in [3.8, 4) is 0 Å². The summed E-state index contributed by atoms with van der Waals surface area (Å²) in [6, 6.07) is 6.48. The zero-order valence-electron chi connectivity index (χ0n) is 13.8. The second kappa shape index (κ2) is 6.97. The van der Waals surface area contributed by atoms with Gasteiger partial charge in [0, 0.05) is 25.3 Å². The Morgan fingerprint density at radius 2 is 2.00 bits per heavy atom. The average Bonchev–Trinajstić information content (AvgIpc) is 2.97. The quantitative estimate of drug-likeness (QED) is 0.885. The molecule has 0 radical (unpaired) electrons. The molecule has 0 aliphatic heterocycles. The van der Waals surface area contributed by atoms with Gasteiger partial charge in [0.05, 0.1) is 5.56 Å². The van der Waals surface area contributed by atoms with Crippen molar-refractivity contribution in [2.45, 2.75) is 52.5 Å². The van der Waals surface area contributed by atoms with Gasteiger partial charge in [-0.15, -0.1) is 0 Å². The largest absolute Gasteiger partial charge is 0.387 e. The number of hydrogen-bond donors (Lipinski definition) is 1. The van der Waals surface area contributed by atoms with Gasteiger partial charge in [-0.2, -0.15) is 0 Å². The highest BCUT2D eigenvalue weighted by molar-refractivity contribution is 6.00. The molecule has 0 atom stereocenters. The molecule has 116 valence electrons. The number of carbonyl (C=O) groups is 1. The molecule has 1 aliphatic rings. The van der Waals surface area contributed by atoms with Gasteiger partial charge < -0.3 is 10.2 Å². The Balaban J connectivity index is 2.30. The molecule has 0 spiro atoms. The molecule has 1 N–H and O–H groups in total. The molecule has 1 aromatic rings. The summed E-state index contributed by atoms with van der Waals surface area (Å²) in [5.74, 6) is 0.682. The first-order valence-corrected chi connectivity index (χ1v) is 8.12. The third-order valence-electron chi connectivity index (χ3n) is 4.26. The lowest BCUT2D eigenvalue weighted by molar-refractivity contribution is 0.0656. The van der Waals surface area contributed by atoms with Gasteiger partial charge >= 0.3 is 0 Å². The third-order valence-corrected chi connectivity index (χ3v) is 4.26. The molecule has 1 fully saturated rings. The van der Waals surface area contributed by atoms with E-state index in [0.29, 0.717) is 12.0 Å². The highest BCUT2D eigenvalue weighted by atomic mass is 16.2. The highest BCUT2D eigenvalue weighted by Gasteiger charge is 2.29. The van der Waals surface area contributed by atoms with Gasteiger partial charge in [0.1, 0.15) is 0 Å². The lowest BCUT2D eigenvalue weighted by atomic mass is 10.0. The van der Waals surface area contributed by atoms with Crippen LogP contribution in [0.2, 0.25) is 0 Å². The third kappa shape index (κ3) is 3.78. The van der Waals surface area contributed by atoms with Crippen LogP contribution < -0.4 is 5.32 Å². The first-order chi connectivity index (χ1) is 10.0. The number of rotatable bonds is 5. The Bertz CT molecular complexity index is 490. The number of carbonyl (C=O) groups excluding carboxylic acids is 1. The maximum atomic E-state index is 13.1. The van der Waals surface area contributed by atoms with Crippen LogP contribution in [0.25, 0.3) is 0 Å². The van der Waals surface area contributed by atoms with Gasteiger partial charge in [-0.25, -0.2) is 0 Å². The predicted octanol–water partition coefficient (Wildman–Crippen LogP) is 4.08. The Morgan fingerprint density at radius 3 is 2.57 bits per heavy atom. The van der Waals surface area contributed by atoms with Crippen molar-refractivity contribution in [1.82, 2.24) is 4.90 Å². The van der Waals surface area contributed by atoms with Crippen LogP contribution >= 0.6 is 0 Å². The molecule has 1 saturated carbocycles. The van der Waals surface area contributed by atoms with Gasteiger partial charge in [0.15, 0.2) is 0 Å². The number of benzene rings is 1. The van der Waals surface area contributed by atoms with Crippen molar-refractivity contribution in [1.29, 1.82) is 0 Å². The van der Waals surface area contributed by atoms with E-state index in [4.69, 9.17) is 0 Å². The van der Waals surface area contributed by atoms with Crippen molar-refractivity contribution < 1.29 is 4.79 Å². The Labute approximate surface area is 128 Å². The SMILES string of the molecule is CNc1ccc(C)cc1C(=O)N(CC(C)C)C1CCCC1. The van der Waals surface area contributed by atoms with Crippen LogP contribution in [0.1, 0.15) is 55.5 Å². The van der Waals surface area contributed by atoms with E-state index in [1.54, 1.807) is 0 Å². The normalized spacial score (nSPS) is 15.5. The van der Waals surface area contributed by atoms with Crippen molar-refractivity contribution in [2.24, 2.45) is 5.92 Å². The van der Waals surface area contributed by atoms with Gasteiger partial charge in [0.2, 0.25) is 0 Å². The maximum Gasteiger partial charge on any atom is 0.256 e. The molecule has 0 saturated heterocycles. The number of amides is 1. The van der Waals surface area contributed by atoms with E-state index in [-0.39, 0.29) is 5.91 Å². The van der Waals surface area contributed by atoms with Gasteiger partial charge in [-0.1, -0.05) is 38.3 Å². The van der Waals surface area contributed by atoms with Crippen LogP contribution in [-0.4, -0.2) is 30.4 Å². The second-order valence-corrected chi connectivity index (χ2v) is 6.59. The summed E-state index contributed by atoms with van der Waals surface area (Å²) in [7, 11) is 1.88. The fourth-order valence-corrected chi connectivity index (χ4v) is 3.21. The summed E-state index contributed by atoms with van der Waals surface area (Å²) < 4.78 is 0. The molecule has 1 aliphatic carbocycles. The van der Waals surface area contributed by atoms with E-state index in [0.717, 1.165) is 36.2 Å². The number of aryl methyl sites for hydroxylation is 1. The van der Waals surface area contributed by atoms with E-state index in [2.05, 4.69) is 24.1 Å². The molecule has 21 heavy (non-hydrogen) atoms. The predicted molar refractivity (Wildman–Crippen MR) is 88.9 cm³/mol. The van der Waals surface area contributed by atoms with E-state index in [9.17, 15) is 4.79 Å². The topological polar surface area (TPSA) is 32.3 Å². The van der Waals surface area contributed by atoms with Crippen LogP contribution in [0.4, 0.5) is 5.69 Å². The molecule has 2 rings (SSSR count).